The van der Waals surface area contributed by atoms with Gasteiger partial charge in [0.05, 0.1) is 19.8 Å². The van der Waals surface area contributed by atoms with Crippen molar-refractivity contribution in [1.82, 2.24) is 0 Å². The zero-order chi connectivity index (χ0) is 55.5. The molecule has 0 bridgehead atoms. The highest BCUT2D eigenvalue weighted by Gasteiger charge is 2.28. The zero-order valence-electron chi connectivity index (χ0n) is 49.2. The number of phosphoric acid groups is 1. The molecule has 0 saturated carbocycles. The van der Waals surface area contributed by atoms with E-state index in [-0.39, 0.29) is 25.9 Å². The van der Waals surface area contributed by atoms with Crippen LogP contribution in [0.25, 0.3) is 0 Å². The molecule has 0 aromatic rings. The molecule has 0 aromatic carbocycles. The minimum Gasteiger partial charge on any atom is -0.462 e. The molecule has 0 rings (SSSR count). The van der Waals surface area contributed by atoms with Crippen molar-refractivity contribution >= 4 is 25.7 Å². The number of aliphatic hydroxyl groups is 1. The van der Waals surface area contributed by atoms with E-state index in [1.165, 1.54) is 161 Å². The van der Waals surface area contributed by atoms with Gasteiger partial charge in [0.15, 0.2) is 6.10 Å². The molecule has 0 heterocycles. The van der Waals surface area contributed by atoms with Crippen LogP contribution in [0.15, 0.2) is 48.6 Å². The van der Waals surface area contributed by atoms with E-state index < -0.39 is 57.8 Å². The van der Waals surface area contributed by atoms with Gasteiger partial charge in [0, 0.05) is 19.3 Å². The number of carbonyl (C=O) groups excluding carboxylic acids is 3. The molecule has 2 N–H and O–H groups in total. The Bertz CT molecular complexity index is 1460. The average Bonchev–Trinajstić information content (AvgIpc) is 3.41. The minimum absolute atomic E-state index is 0.165. The van der Waals surface area contributed by atoms with Crippen LogP contribution < -0.4 is 0 Å². The Kier molecular flexibility index (Phi) is 56.6. The first-order valence-electron chi connectivity index (χ1n) is 31.5. The van der Waals surface area contributed by atoms with E-state index in [9.17, 15) is 28.9 Å². The Morgan fingerprint density at radius 3 is 1.00 bits per heavy atom. The standard InChI is InChI=1S/C64H117O11P/c1-4-7-10-13-16-19-22-24-26-28-30-32-34-36-39-42-45-48-51-54-63(67)74-60(56-65)58-72-76(69,70)73-59-61(57-71-62(66)53-50-47-44-41-38-21-18-15-12-9-6-3)75-64(68)55-52-49-46-43-40-37-35-33-31-29-27-25-23-20-17-14-11-8-5-2/h16-17,19-20,24-27,60-61,65H,4-15,18,21-23,28-59H2,1-3H3,(H,69,70)/b19-16-,20-17-,26-24-,27-25-. The van der Waals surface area contributed by atoms with E-state index in [0.717, 1.165) is 83.5 Å². The fourth-order valence-electron chi connectivity index (χ4n) is 8.89. The van der Waals surface area contributed by atoms with E-state index >= 15 is 0 Å². The maximum absolute atomic E-state index is 12.9. The molecule has 0 aliphatic heterocycles. The first-order valence-corrected chi connectivity index (χ1v) is 33.0. The maximum atomic E-state index is 12.9. The Morgan fingerprint density at radius 1 is 0.368 bits per heavy atom. The second kappa shape index (κ2) is 58.6. The molecule has 3 atom stereocenters. The van der Waals surface area contributed by atoms with Crippen molar-refractivity contribution in [3.05, 3.63) is 48.6 Å². The van der Waals surface area contributed by atoms with E-state index in [1.54, 1.807) is 0 Å². The number of rotatable bonds is 59. The number of carbonyl (C=O) groups is 3. The van der Waals surface area contributed by atoms with Crippen molar-refractivity contribution in [2.24, 2.45) is 0 Å². The Labute approximate surface area is 466 Å². The molecule has 0 amide bonds. The molecule has 3 unspecified atom stereocenters. The Balaban J connectivity index is 4.60. The average molecular weight is 1090 g/mol. The number of allylic oxidation sites excluding steroid dienone is 8. The highest BCUT2D eigenvalue weighted by atomic mass is 31.2. The van der Waals surface area contributed by atoms with Gasteiger partial charge in [-0.25, -0.2) is 4.57 Å². The highest BCUT2D eigenvalue weighted by Crippen LogP contribution is 2.43. The van der Waals surface area contributed by atoms with Crippen molar-refractivity contribution in [2.45, 2.75) is 315 Å². The third-order valence-electron chi connectivity index (χ3n) is 13.7. The molecular weight excluding hydrogens is 976 g/mol. The second-order valence-electron chi connectivity index (χ2n) is 21.2. The number of aliphatic hydroxyl groups excluding tert-OH is 1. The Morgan fingerprint density at radius 2 is 0.645 bits per heavy atom. The summed E-state index contributed by atoms with van der Waals surface area (Å²) >= 11 is 0. The summed E-state index contributed by atoms with van der Waals surface area (Å²) in [6.07, 6.45) is 63.4. The SMILES string of the molecule is CCCCC/C=C\C/C=C\CCCCCCCCCCCC(=O)OC(CO)COP(=O)(O)OCC(COC(=O)CCCCCCCCCCCCC)OC(=O)CCCCCCCCCCC/C=C\C/C=C\CCCCC. The molecule has 444 valence electrons. The lowest BCUT2D eigenvalue weighted by molar-refractivity contribution is -0.161. The van der Waals surface area contributed by atoms with Crippen LogP contribution in [-0.2, 0) is 42.2 Å². The van der Waals surface area contributed by atoms with Gasteiger partial charge in [-0.3, -0.25) is 23.4 Å². The number of esters is 3. The monoisotopic (exact) mass is 1090 g/mol. The molecule has 11 nitrogen and oxygen atoms in total. The number of unbranched alkanes of at least 4 members (excludes halogenated alkanes) is 34. The summed E-state index contributed by atoms with van der Waals surface area (Å²) in [5, 5.41) is 9.84. The molecule has 76 heavy (non-hydrogen) atoms. The third-order valence-corrected chi connectivity index (χ3v) is 14.7. The number of ether oxygens (including phenoxy) is 3. The van der Waals surface area contributed by atoms with Crippen LogP contribution in [0, 0.1) is 0 Å². The van der Waals surface area contributed by atoms with Crippen LogP contribution in [0.5, 0.6) is 0 Å². The first-order chi connectivity index (χ1) is 37.2. The van der Waals surface area contributed by atoms with Crippen molar-refractivity contribution in [3.8, 4) is 0 Å². The van der Waals surface area contributed by atoms with Crippen molar-refractivity contribution in [2.75, 3.05) is 26.4 Å². The van der Waals surface area contributed by atoms with Crippen LogP contribution >= 0.6 is 7.82 Å². The van der Waals surface area contributed by atoms with Crippen LogP contribution in [0.4, 0.5) is 0 Å². The topological polar surface area (TPSA) is 155 Å². The number of hydrogen-bond acceptors (Lipinski definition) is 10. The second-order valence-corrected chi connectivity index (χ2v) is 22.7. The van der Waals surface area contributed by atoms with Gasteiger partial charge >= 0.3 is 25.7 Å². The molecule has 0 aromatic heterocycles. The minimum atomic E-state index is -4.75. The van der Waals surface area contributed by atoms with Crippen molar-refractivity contribution < 1.29 is 52.2 Å². The lowest BCUT2D eigenvalue weighted by Crippen LogP contribution is -2.30. The molecule has 12 heteroatoms. The van der Waals surface area contributed by atoms with Gasteiger partial charge < -0.3 is 24.2 Å². The lowest BCUT2D eigenvalue weighted by Gasteiger charge is -2.21. The van der Waals surface area contributed by atoms with Gasteiger partial charge in [0.1, 0.15) is 12.7 Å². The summed E-state index contributed by atoms with van der Waals surface area (Å²) in [6.45, 7) is 4.63. The molecule has 0 aliphatic rings. The van der Waals surface area contributed by atoms with E-state index in [2.05, 4.69) is 69.4 Å². The number of phosphoric ester groups is 1. The van der Waals surface area contributed by atoms with Crippen LogP contribution in [0.2, 0.25) is 0 Å². The third kappa shape index (κ3) is 56.2. The normalized spacial score (nSPS) is 13.6. The van der Waals surface area contributed by atoms with E-state index in [4.69, 9.17) is 23.3 Å². The molecular formula is C64H117O11P. The zero-order valence-corrected chi connectivity index (χ0v) is 50.1. The van der Waals surface area contributed by atoms with Gasteiger partial charge in [-0.2, -0.15) is 0 Å². The van der Waals surface area contributed by atoms with Crippen LogP contribution in [0.1, 0.15) is 303 Å². The summed E-state index contributed by atoms with van der Waals surface area (Å²) < 4.78 is 39.6. The van der Waals surface area contributed by atoms with Crippen LogP contribution in [-0.4, -0.2) is 66.5 Å². The molecule has 0 aliphatic carbocycles. The van der Waals surface area contributed by atoms with Gasteiger partial charge in [0.25, 0.3) is 0 Å². The van der Waals surface area contributed by atoms with E-state index in [1.807, 2.05) is 0 Å². The predicted octanol–water partition coefficient (Wildman–Crippen LogP) is 18.9. The molecule has 0 radical (unpaired) electrons. The first kappa shape index (κ1) is 73.4. The van der Waals surface area contributed by atoms with Gasteiger partial charge in [-0.05, 0) is 83.5 Å². The number of hydrogen-bond donors (Lipinski definition) is 2. The quantitative estimate of drug-likeness (QED) is 0.0197. The summed E-state index contributed by atoms with van der Waals surface area (Å²) in [6, 6.07) is 0. The molecule has 0 spiro atoms. The van der Waals surface area contributed by atoms with E-state index in [0.29, 0.717) is 19.3 Å². The fraction of sp³-hybridized carbons (Fsp3) is 0.828. The lowest BCUT2D eigenvalue weighted by atomic mass is 10.1. The predicted molar refractivity (Wildman–Crippen MR) is 316 cm³/mol. The van der Waals surface area contributed by atoms with Crippen molar-refractivity contribution in [3.63, 3.8) is 0 Å². The smallest absolute Gasteiger partial charge is 0.462 e. The summed E-state index contributed by atoms with van der Waals surface area (Å²) in [7, 11) is -4.75. The summed E-state index contributed by atoms with van der Waals surface area (Å²) in [5.41, 5.74) is 0. The highest BCUT2D eigenvalue weighted by molar-refractivity contribution is 7.47. The summed E-state index contributed by atoms with van der Waals surface area (Å²) in [5.74, 6) is -1.45. The van der Waals surface area contributed by atoms with Crippen molar-refractivity contribution in [1.29, 1.82) is 0 Å². The van der Waals surface area contributed by atoms with Gasteiger partial charge in [0.2, 0.25) is 0 Å². The van der Waals surface area contributed by atoms with Gasteiger partial charge in [-0.15, -0.1) is 0 Å². The Hall–Kier alpha value is -2.56. The summed E-state index contributed by atoms with van der Waals surface area (Å²) in [4.78, 5) is 48.6. The van der Waals surface area contributed by atoms with Gasteiger partial charge in [-0.1, -0.05) is 249 Å². The largest absolute Gasteiger partial charge is 0.472 e. The fourth-order valence-corrected chi connectivity index (χ4v) is 9.67. The molecule has 0 saturated heterocycles. The maximum Gasteiger partial charge on any atom is 0.472 e. The van der Waals surface area contributed by atoms with Crippen LogP contribution in [0.3, 0.4) is 0 Å². The molecule has 0 fully saturated rings.